The second-order valence-corrected chi connectivity index (χ2v) is 7.63. The lowest BCUT2D eigenvalue weighted by Crippen LogP contribution is -1.95. The van der Waals surface area contributed by atoms with Crippen molar-refractivity contribution in [3.63, 3.8) is 0 Å². The van der Waals surface area contributed by atoms with E-state index in [1.807, 2.05) is 0 Å². The SMILES string of the molecule is Cc1c(-c2[nH]c(C)c3ccsc23)nc2cc3ccccc3cc2c1C. The fourth-order valence-electron chi connectivity index (χ4n) is 3.72. The topological polar surface area (TPSA) is 28.7 Å². The molecule has 0 aliphatic heterocycles. The summed E-state index contributed by atoms with van der Waals surface area (Å²) in [6, 6.07) is 15.2. The minimum Gasteiger partial charge on any atom is -0.356 e. The second kappa shape index (κ2) is 5.17. The van der Waals surface area contributed by atoms with Gasteiger partial charge in [-0.15, -0.1) is 11.3 Å². The molecule has 0 aliphatic rings. The highest BCUT2D eigenvalue weighted by atomic mass is 32.1. The lowest BCUT2D eigenvalue weighted by atomic mass is 9.98. The smallest absolute Gasteiger partial charge is 0.0918 e. The predicted molar refractivity (Wildman–Crippen MR) is 109 cm³/mol. The lowest BCUT2D eigenvalue weighted by Gasteiger charge is -2.12. The van der Waals surface area contributed by atoms with Crippen LogP contribution in [0.4, 0.5) is 0 Å². The molecule has 1 N–H and O–H groups in total. The number of aromatic amines is 1. The van der Waals surface area contributed by atoms with E-state index in [-0.39, 0.29) is 0 Å². The molecule has 0 fully saturated rings. The molecule has 5 aromatic rings. The molecule has 5 rings (SSSR count). The molecule has 0 bridgehead atoms. The molecule has 0 spiro atoms. The third-order valence-corrected chi connectivity index (χ3v) is 6.20. The van der Waals surface area contributed by atoms with Crippen LogP contribution in [0.1, 0.15) is 16.8 Å². The van der Waals surface area contributed by atoms with E-state index in [0.717, 1.165) is 16.9 Å². The van der Waals surface area contributed by atoms with E-state index in [1.165, 1.54) is 43.1 Å². The maximum absolute atomic E-state index is 5.07. The number of pyridine rings is 1. The minimum atomic E-state index is 1.06. The average Bonchev–Trinajstić information content (AvgIpc) is 3.21. The molecule has 0 atom stereocenters. The van der Waals surface area contributed by atoms with Crippen LogP contribution in [-0.2, 0) is 0 Å². The van der Waals surface area contributed by atoms with Crippen LogP contribution in [0.25, 0.3) is 43.1 Å². The number of nitrogens with one attached hydrogen (secondary N) is 1. The Balaban J connectivity index is 1.88. The van der Waals surface area contributed by atoms with Crippen LogP contribution in [0.3, 0.4) is 0 Å². The predicted octanol–water partition coefficient (Wildman–Crippen LogP) is 6.52. The number of thiophene rings is 1. The van der Waals surface area contributed by atoms with Gasteiger partial charge in [0.1, 0.15) is 0 Å². The molecular formula is C22H18N2S. The number of fused-ring (bicyclic) bond motifs is 3. The number of benzene rings is 2. The molecule has 3 heteroatoms. The summed E-state index contributed by atoms with van der Waals surface area (Å²) >= 11 is 1.78. The quantitative estimate of drug-likeness (QED) is 0.345. The van der Waals surface area contributed by atoms with Crippen LogP contribution < -0.4 is 0 Å². The molecule has 25 heavy (non-hydrogen) atoms. The van der Waals surface area contributed by atoms with Gasteiger partial charge in [-0.05, 0) is 66.2 Å². The molecule has 122 valence electrons. The third kappa shape index (κ3) is 2.06. The first-order valence-corrected chi connectivity index (χ1v) is 9.37. The van der Waals surface area contributed by atoms with Crippen LogP contribution in [0, 0.1) is 20.8 Å². The molecule has 3 aromatic heterocycles. The number of H-pyrrole nitrogens is 1. The summed E-state index contributed by atoms with van der Waals surface area (Å²) in [4.78, 5) is 8.64. The molecule has 3 heterocycles. The van der Waals surface area contributed by atoms with Gasteiger partial charge >= 0.3 is 0 Å². The number of aryl methyl sites for hydroxylation is 2. The Morgan fingerprint density at radius 3 is 2.44 bits per heavy atom. The summed E-state index contributed by atoms with van der Waals surface area (Å²) in [5, 5.41) is 7.21. The fraction of sp³-hybridized carbons (Fsp3) is 0.136. The lowest BCUT2D eigenvalue weighted by molar-refractivity contribution is 1.22. The summed E-state index contributed by atoms with van der Waals surface area (Å²) in [5.74, 6) is 0. The summed E-state index contributed by atoms with van der Waals surface area (Å²) in [5.41, 5.74) is 7.05. The molecule has 0 saturated heterocycles. The van der Waals surface area contributed by atoms with Gasteiger partial charge in [0, 0.05) is 16.5 Å². The summed E-state index contributed by atoms with van der Waals surface area (Å²) < 4.78 is 1.30. The van der Waals surface area contributed by atoms with Crippen LogP contribution in [0.5, 0.6) is 0 Å². The fourth-order valence-corrected chi connectivity index (χ4v) is 4.68. The van der Waals surface area contributed by atoms with Crippen LogP contribution >= 0.6 is 11.3 Å². The maximum Gasteiger partial charge on any atom is 0.0918 e. The summed E-state index contributed by atoms with van der Waals surface area (Å²) in [6.45, 7) is 6.52. The molecule has 0 aliphatic carbocycles. The van der Waals surface area contributed by atoms with Gasteiger partial charge in [-0.2, -0.15) is 0 Å². The van der Waals surface area contributed by atoms with Gasteiger partial charge in [-0.25, -0.2) is 4.98 Å². The Bertz CT molecular complexity index is 1270. The molecule has 0 radical (unpaired) electrons. The molecular weight excluding hydrogens is 324 g/mol. The Morgan fingerprint density at radius 1 is 0.880 bits per heavy atom. The van der Waals surface area contributed by atoms with Gasteiger partial charge in [0.2, 0.25) is 0 Å². The van der Waals surface area contributed by atoms with Crippen molar-refractivity contribution < 1.29 is 0 Å². The Hall–Kier alpha value is -2.65. The van der Waals surface area contributed by atoms with Gasteiger partial charge in [0.15, 0.2) is 0 Å². The number of aromatic nitrogens is 2. The summed E-state index contributed by atoms with van der Waals surface area (Å²) in [7, 11) is 0. The van der Waals surface area contributed by atoms with Crippen molar-refractivity contribution in [1.29, 1.82) is 0 Å². The Labute approximate surface area is 150 Å². The average molecular weight is 342 g/mol. The van der Waals surface area contributed by atoms with Crippen LogP contribution in [-0.4, -0.2) is 9.97 Å². The molecule has 0 amide bonds. The normalized spacial score (nSPS) is 11.8. The first kappa shape index (κ1) is 14.7. The van der Waals surface area contributed by atoms with E-state index in [4.69, 9.17) is 4.98 Å². The van der Waals surface area contributed by atoms with Crippen molar-refractivity contribution in [1.82, 2.24) is 9.97 Å². The maximum atomic E-state index is 5.07. The van der Waals surface area contributed by atoms with Crippen molar-refractivity contribution in [2.45, 2.75) is 20.8 Å². The van der Waals surface area contributed by atoms with Gasteiger partial charge < -0.3 is 4.98 Å². The molecule has 0 saturated carbocycles. The minimum absolute atomic E-state index is 1.06. The van der Waals surface area contributed by atoms with Crippen molar-refractivity contribution in [3.8, 4) is 11.4 Å². The zero-order valence-electron chi connectivity index (χ0n) is 14.5. The number of hydrogen-bond acceptors (Lipinski definition) is 2. The van der Waals surface area contributed by atoms with E-state index in [2.05, 4.69) is 73.6 Å². The van der Waals surface area contributed by atoms with Crippen molar-refractivity contribution >= 4 is 43.1 Å². The highest BCUT2D eigenvalue weighted by molar-refractivity contribution is 7.17. The van der Waals surface area contributed by atoms with E-state index in [9.17, 15) is 0 Å². The monoisotopic (exact) mass is 342 g/mol. The first-order chi connectivity index (χ1) is 12.1. The highest BCUT2D eigenvalue weighted by Gasteiger charge is 2.17. The standard InChI is InChI=1S/C22H18N2S/c1-12-13(2)20(21-22-17(8-9-25-22)14(3)23-21)24-19-11-16-7-5-4-6-15(16)10-18(12)19/h4-11,23H,1-3H3. The number of hydrogen-bond donors (Lipinski definition) is 1. The zero-order valence-corrected chi connectivity index (χ0v) is 15.3. The zero-order chi connectivity index (χ0) is 17.1. The highest BCUT2D eigenvalue weighted by Crippen LogP contribution is 2.37. The first-order valence-electron chi connectivity index (χ1n) is 8.49. The van der Waals surface area contributed by atoms with Crippen LogP contribution in [0.15, 0.2) is 47.8 Å². The van der Waals surface area contributed by atoms with Crippen molar-refractivity contribution in [3.05, 3.63) is 64.7 Å². The third-order valence-electron chi connectivity index (χ3n) is 5.26. The van der Waals surface area contributed by atoms with E-state index in [0.29, 0.717) is 0 Å². The van der Waals surface area contributed by atoms with Crippen molar-refractivity contribution in [2.24, 2.45) is 0 Å². The Kier molecular flexibility index (Phi) is 3.03. The molecule has 2 aromatic carbocycles. The van der Waals surface area contributed by atoms with Gasteiger partial charge in [-0.1, -0.05) is 24.3 Å². The van der Waals surface area contributed by atoms with Gasteiger partial charge in [0.05, 0.1) is 21.6 Å². The van der Waals surface area contributed by atoms with Gasteiger partial charge in [0.25, 0.3) is 0 Å². The molecule has 0 unspecified atom stereocenters. The van der Waals surface area contributed by atoms with Crippen LogP contribution in [0.2, 0.25) is 0 Å². The van der Waals surface area contributed by atoms with E-state index >= 15 is 0 Å². The van der Waals surface area contributed by atoms with E-state index in [1.54, 1.807) is 11.3 Å². The van der Waals surface area contributed by atoms with E-state index < -0.39 is 0 Å². The summed E-state index contributed by atoms with van der Waals surface area (Å²) in [6.07, 6.45) is 0. The largest absolute Gasteiger partial charge is 0.356 e. The Morgan fingerprint density at radius 2 is 1.64 bits per heavy atom. The number of nitrogens with zero attached hydrogens (tertiary/aromatic N) is 1. The van der Waals surface area contributed by atoms with Crippen molar-refractivity contribution in [2.75, 3.05) is 0 Å². The van der Waals surface area contributed by atoms with Gasteiger partial charge in [-0.3, -0.25) is 0 Å². The molecule has 2 nitrogen and oxygen atoms in total. The second-order valence-electron chi connectivity index (χ2n) is 6.72. The number of rotatable bonds is 1.